The number of aromatic nitrogens is 2. The highest BCUT2D eigenvalue weighted by Gasteiger charge is 2.11. The van der Waals surface area contributed by atoms with Gasteiger partial charge < -0.3 is 10.1 Å². The summed E-state index contributed by atoms with van der Waals surface area (Å²) in [5, 5.41) is 12.7. The molecule has 19 heavy (non-hydrogen) atoms. The summed E-state index contributed by atoms with van der Waals surface area (Å²) in [6.45, 7) is 3.88. The van der Waals surface area contributed by atoms with Gasteiger partial charge in [-0.05, 0) is 24.6 Å². The molecular weight excluding hydrogens is 265 g/mol. The second-order valence-corrected chi connectivity index (χ2v) is 5.22. The number of nitrogens with one attached hydrogen (secondary N) is 1. The summed E-state index contributed by atoms with van der Waals surface area (Å²) in [6.07, 6.45) is 0. The molecule has 2 aromatic rings. The lowest BCUT2D eigenvalue weighted by molar-refractivity contribution is 0.199. The minimum atomic E-state index is -0.255. The molecule has 1 N–H and O–H groups in total. The van der Waals surface area contributed by atoms with Crippen molar-refractivity contribution in [3.63, 3.8) is 0 Å². The average Bonchev–Trinajstić information content (AvgIpc) is 2.83. The Bertz CT molecular complexity index is 544. The Morgan fingerprint density at radius 3 is 2.95 bits per heavy atom. The quantitative estimate of drug-likeness (QED) is 0.826. The molecule has 0 aliphatic carbocycles. The average molecular weight is 281 g/mol. The van der Waals surface area contributed by atoms with E-state index in [9.17, 15) is 4.39 Å². The molecule has 0 amide bonds. The van der Waals surface area contributed by atoms with Crippen molar-refractivity contribution in [1.29, 1.82) is 0 Å². The Labute approximate surface area is 115 Å². The Morgan fingerprint density at radius 2 is 2.21 bits per heavy atom. The van der Waals surface area contributed by atoms with E-state index in [2.05, 4.69) is 15.5 Å². The van der Waals surface area contributed by atoms with E-state index in [1.165, 1.54) is 17.4 Å². The molecule has 102 valence electrons. The minimum absolute atomic E-state index is 0.255. The molecule has 0 aliphatic rings. The van der Waals surface area contributed by atoms with Crippen LogP contribution in [0.5, 0.6) is 0 Å². The van der Waals surface area contributed by atoms with Gasteiger partial charge in [0.25, 0.3) is 0 Å². The lowest BCUT2D eigenvalue weighted by Gasteiger charge is -2.00. The Hall–Kier alpha value is -1.37. The van der Waals surface area contributed by atoms with Crippen LogP contribution in [0.4, 0.5) is 4.39 Å². The van der Waals surface area contributed by atoms with E-state index in [1.807, 2.05) is 13.0 Å². The van der Waals surface area contributed by atoms with Gasteiger partial charge in [-0.25, -0.2) is 4.39 Å². The zero-order valence-electron chi connectivity index (χ0n) is 10.9. The first kappa shape index (κ1) is 14.0. The Morgan fingerprint density at radius 1 is 1.37 bits per heavy atom. The van der Waals surface area contributed by atoms with Crippen LogP contribution in [0.2, 0.25) is 0 Å². The molecule has 0 radical (unpaired) electrons. The Balaban J connectivity index is 2.04. The first-order chi connectivity index (χ1) is 9.20. The number of rotatable bonds is 6. The number of ether oxygens (including phenoxy) is 1. The number of hydrogen-bond acceptors (Lipinski definition) is 5. The van der Waals surface area contributed by atoms with Crippen LogP contribution in [0.15, 0.2) is 18.2 Å². The number of benzene rings is 1. The largest absolute Gasteiger partial charge is 0.383 e. The van der Waals surface area contributed by atoms with Crippen molar-refractivity contribution in [1.82, 2.24) is 15.5 Å². The minimum Gasteiger partial charge on any atom is -0.383 e. The maximum absolute atomic E-state index is 13.8. The van der Waals surface area contributed by atoms with Crippen LogP contribution in [-0.4, -0.2) is 30.5 Å². The zero-order valence-corrected chi connectivity index (χ0v) is 11.8. The van der Waals surface area contributed by atoms with Gasteiger partial charge >= 0.3 is 0 Å². The van der Waals surface area contributed by atoms with Crippen LogP contribution in [0.1, 0.15) is 10.6 Å². The molecule has 0 spiro atoms. The van der Waals surface area contributed by atoms with E-state index in [-0.39, 0.29) is 5.82 Å². The van der Waals surface area contributed by atoms with Gasteiger partial charge in [0.05, 0.1) is 6.61 Å². The third kappa shape index (κ3) is 3.79. The molecule has 0 aliphatic heterocycles. The van der Waals surface area contributed by atoms with Crippen molar-refractivity contribution in [2.45, 2.75) is 13.5 Å². The second kappa shape index (κ2) is 6.70. The van der Waals surface area contributed by atoms with Crippen LogP contribution < -0.4 is 5.32 Å². The van der Waals surface area contributed by atoms with Crippen LogP contribution in [-0.2, 0) is 11.3 Å². The van der Waals surface area contributed by atoms with Gasteiger partial charge in [-0.1, -0.05) is 17.4 Å². The molecule has 0 atom stereocenters. The SMILES string of the molecule is COCCNCc1nnc(-c2ccc(C)cc2F)s1. The molecular formula is C13H16FN3OS. The van der Waals surface area contributed by atoms with Crippen molar-refractivity contribution in [2.24, 2.45) is 0 Å². The summed E-state index contributed by atoms with van der Waals surface area (Å²) in [4.78, 5) is 0. The summed E-state index contributed by atoms with van der Waals surface area (Å²) in [5.74, 6) is -0.255. The molecule has 1 heterocycles. The normalized spacial score (nSPS) is 10.9. The van der Waals surface area contributed by atoms with Gasteiger partial charge in [-0.15, -0.1) is 10.2 Å². The molecule has 0 fully saturated rings. The van der Waals surface area contributed by atoms with Crippen molar-refractivity contribution < 1.29 is 9.13 Å². The van der Waals surface area contributed by atoms with Crippen molar-refractivity contribution >= 4 is 11.3 Å². The van der Waals surface area contributed by atoms with Crippen molar-refractivity contribution in [3.05, 3.63) is 34.6 Å². The molecule has 0 saturated heterocycles. The molecule has 0 unspecified atom stereocenters. The number of hydrogen-bond donors (Lipinski definition) is 1. The van der Waals surface area contributed by atoms with Gasteiger partial charge in [-0.3, -0.25) is 0 Å². The smallest absolute Gasteiger partial charge is 0.150 e. The molecule has 4 nitrogen and oxygen atoms in total. The van der Waals surface area contributed by atoms with Gasteiger partial charge in [0.2, 0.25) is 0 Å². The monoisotopic (exact) mass is 281 g/mol. The molecule has 0 bridgehead atoms. The van der Waals surface area contributed by atoms with E-state index in [1.54, 1.807) is 13.2 Å². The second-order valence-electron chi connectivity index (χ2n) is 4.15. The predicted molar refractivity (Wildman–Crippen MR) is 73.6 cm³/mol. The molecule has 2 rings (SSSR count). The topological polar surface area (TPSA) is 47.0 Å². The summed E-state index contributed by atoms with van der Waals surface area (Å²) >= 11 is 1.40. The van der Waals surface area contributed by atoms with Gasteiger partial charge in [0.1, 0.15) is 10.8 Å². The van der Waals surface area contributed by atoms with Crippen LogP contribution >= 0.6 is 11.3 Å². The fourth-order valence-electron chi connectivity index (χ4n) is 1.60. The zero-order chi connectivity index (χ0) is 13.7. The molecule has 1 aromatic carbocycles. The highest BCUT2D eigenvalue weighted by molar-refractivity contribution is 7.14. The predicted octanol–water partition coefficient (Wildman–Crippen LogP) is 2.39. The lowest BCUT2D eigenvalue weighted by Crippen LogP contribution is -2.18. The molecule has 1 aromatic heterocycles. The van der Waals surface area contributed by atoms with Crippen LogP contribution in [0.3, 0.4) is 0 Å². The first-order valence-electron chi connectivity index (χ1n) is 5.99. The Kier molecular flexibility index (Phi) is 4.95. The molecule has 0 saturated carbocycles. The van der Waals surface area contributed by atoms with E-state index < -0.39 is 0 Å². The maximum atomic E-state index is 13.8. The van der Waals surface area contributed by atoms with Gasteiger partial charge in [0, 0.05) is 25.8 Å². The van der Waals surface area contributed by atoms with E-state index in [0.29, 0.717) is 23.7 Å². The standard InChI is InChI=1S/C13H16FN3OS/c1-9-3-4-10(11(14)7-9)13-17-16-12(19-13)8-15-5-6-18-2/h3-4,7,15H,5-6,8H2,1-2H3. The fraction of sp³-hybridized carbons (Fsp3) is 0.385. The summed E-state index contributed by atoms with van der Waals surface area (Å²) in [5.41, 5.74) is 1.40. The lowest BCUT2D eigenvalue weighted by atomic mass is 10.1. The highest BCUT2D eigenvalue weighted by Crippen LogP contribution is 2.26. The van der Waals surface area contributed by atoms with Crippen molar-refractivity contribution in [2.75, 3.05) is 20.3 Å². The van der Waals surface area contributed by atoms with Gasteiger partial charge in [-0.2, -0.15) is 0 Å². The fourth-order valence-corrected chi connectivity index (χ4v) is 2.43. The van der Waals surface area contributed by atoms with E-state index in [0.717, 1.165) is 17.1 Å². The van der Waals surface area contributed by atoms with E-state index >= 15 is 0 Å². The van der Waals surface area contributed by atoms with E-state index in [4.69, 9.17) is 4.74 Å². The first-order valence-corrected chi connectivity index (χ1v) is 6.81. The van der Waals surface area contributed by atoms with Crippen LogP contribution in [0.25, 0.3) is 10.6 Å². The number of methoxy groups -OCH3 is 1. The third-order valence-corrected chi connectivity index (χ3v) is 3.54. The maximum Gasteiger partial charge on any atom is 0.150 e. The summed E-state index contributed by atoms with van der Waals surface area (Å²) < 4.78 is 18.7. The molecule has 6 heteroatoms. The summed E-state index contributed by atoms with van der Waals surface area (Å²) in [6, 6.07) is 5.12. The number of nitrogens with zero attached hydrogens (tertiary/aromatic N) is 2. The highest BCUT2D eigenvalue weighted by atomic mass is 32.1. The number of aryl methyl sites for hydroxylation is 1. The van der Waals surface area contributed by atoms with Crippen molar-refractivity contribution in [3.8, 4) is 10.6 Å². The van der Waals surface area contributed by atoms with Gasteiger partial charge in [0.15, 0.2) is 5.01 Å². The number of halogens is 1. The third-order valence-electron chi connectivity index (χ3n) is 2.58. The van der Waals surface area contributed by atoms with Crippen LogP contribution in [0, 0.1) is 12.7 Å². The summed E-state index contributed by atoms with van der Waals surface area (Å²) in [7, 11) is 1.66.